The third kappa shape index (κ3) is 4.17. The highest BCUT2D eigenvalue weighted by Gasteiger charge is 2.31. The summed E-state index contributed by atoms with van der Waals surface area (Å²) in [7, 11) is 1.86. The highest BCUT2D eigenvalue weighted by molar-refractivity contribution is 6.30. The van der Waals surface area contributed by atoms with Crippen LogP contribution in [-0.2, 0) is 4.84 Å². The molecule has 7 nitrogen and oxygen atoms in total. The van der Waals surface area contributed by atoms with Gasteiger partial charge in [-0.25, -0.2) is 4.98 Å². The second kappa shape index (κ2) is 8.48. The SMILES string of the molecule is CCON1C(c2ccnc(Oc3ccccc3)n2)=C(c2ccc(Cl)cc2)NN1C. The maximum atomic E-state index is 6.06. The average Bonchev–Trinajstić information content (AvgIpc) is 3.06. The molecule has 0 spiro atoms. The number of aromatic nitrogens is 2. The van der Waals surface area contributed by atoms with Gasteiger partial charge in [0.2, 0.25) is 0 Å². The number of para-hydroxylation sites is 1. The highest BCUT2D eigenvalue weighted by Crippen LogP contribution is 2.33. The normalized spacial score (nSPS) is 14.2. The summed E-state index contributed by atoms with van der Waals surface area (Å²) in [5, 5.41) is 4.09. The quantitative estimate of drug-likeness (QED) is 0.648. The van der Waals surface area contributed by atoms with E-state index in [2.05, 4.69) is 15.4 Å². The van der Waals surface area contributed by atoms with Crippen molar-refractivity contribution >= 4 is 23.0 Å². The fourth-order valence-electron chi connectivity index (χ4n) is 2.94. The first-order chi connectivity index (χ1) is 14.2. The predicted molar refractivity (Wildman–Crippen MR) is 111 cm³/mol. The van der Waals surface area contributed by atoms with Gasteiger partial charge in [0.1, 0.15) is 11.4 Å². The van der Waals surface area contributed by atoms with Crippen molar-refractivity contribution in [2.24, 2.45) is 0 Å². The molecule has 0 saturated heterocycles. The van der Waals surface area contributed by atoms with E-state index in [1.165, 1.54) is 0 Å². The van der Waals surface area contributed by atoms with Gasteiger partial charge in [-0.2, -0.15) is 10.2 Å². The summed E-state index contributed by atoms with van der Waals surface area (Å²) in [6.45, 7) is 2.41. The van der Waals surface area contributed by atoms with Gasteiger partial charge in [-0.1, -0.05) is 41.9 Å². The van der Waals surface area contributed by atoms with Gasteiger partial charge in [0.15, 0.2) is 0 Å². The van der Waals surface area contributed by atoms with Gasteiger partial charge in [-0.3, -0.25) is 10.3 Å². The Kier molecular flexibility index (Phi) is 5.62. The molecule has 2 heterocycles. The number of benzene rings is 2. The lowest BCUT2D eigenvalue weighted by molar-refractivity contribution is -0.231. The number of halogens is 1. The third-order valence-corrected chi connectivity index (χ3v) is 4.44. The Labute approximate surface area is 174 Å². The first-order valence-electron chi connectivity index (χ1n) is 9.15. The zero-order valence-corrected chi connectivity index (χ0v) is 16.8. The summed E-state index contributed by atoms with van der Waals surface area (Å²) < 4.78 is 5.80. The number of hydrazine groups is 2. The molecule has 1 aromatic heterocycles. The smallest absolute Gasteiger partial charge is 0.322 e. The van der Waals surface area contributed by atoms with Crippen LogP contribution in [0.15, 0.2) is 66.9 Å². The Morgan fingerprint density at radius 3 is 2.52 bits per heavy atom. The van der Waals surface area contributed by atoms with Crippen LogP contribution in [0.1, 0.15) is 18.2 Å². The minimum absolute atomic E-state index is 0.252. The highest BCUT2D eigenvalue weighted by atomic mass is 35.5. The summed E-state index contributed by atoms with van der Waals surface area (Å²) in [6, 6.07) is 19.1. The fourth-order valence-corrected chi connectivity index (χ4v) is 3.06. The van der Waals surface area contributed by atoms with Gasteiger partial charge < -0.3 is 4.74 Å². The van der Waals surface area contributed by atoms with Crippen molar-refractivity contribution in [2.45, 2.75) is 6.92 Å². The van der Waals surface area contributed by atoms with Crippen molar-refractivity contribution in [3.8, 4) is 11.8 Å². The molecule has 0 atom stereocenters. The topological polar surface area (TPSA) is 62.8 Å². The summed E-state index contributed by atoms with van der Waals surface area (Å²) >= 11 is 6.06. The number of hydroxylamine groups is 1. The fraction of sp³-hybridized carbons (Fsp3) is 0.143. The number of hydrogen-bond acceptors (Lipinski definition) is 7. The van der Waals surface area contributed by atoms with E-state index in [9.17, 15) is 0 Å². The maximum Gasteiger partial charge on any atom is 0.322 e. The van der Waals surface area contributed by atoms with Crippen molar-refractivity contribution in [2.75, 3.05) is 13.7 Å². The molecule has 1 aliphatic rings. The van der Waals surface area contributed by atoms with E-state index in [0.29, 0.717) is 23.1 Å². The lowest BCUT2D eigenvalue weighted by atomic mass is 10.1. The van der Waals surface area contributed by atoms with Crippen molar-refractivity contribution in [1.82, 2.24) is 25.7 Å². The molecular weight excluding hydrogens is 390 g/mol. The van der Waals surface area contributed by atoms with Gasteiger partial charge in [0, 0.05) is 23.8 Å². The van der Waals surface area contributed by atoms with Crippen LogP contribution in [0.25, 0.3) is 11.4 Å². The van der Waals surface area contributed by atoms with Gasteiger partial charge in [-0.15, -0.1) is 5.12 Å². The Hall–Kier alpha value is -3.13. The molecule has 1 aliphatic heterocycles. The molecule has 148 valence electrons. The molecule has 8 heteroatoms. The van der Waals surface area contributed by atoms with E-state index in [0.717, 1.165) is 17.0 Å². The second-order valence-corrected chi connectivity index (χ2v) is 6.63. The number of nitrogens with one attached hydrogen (secondary N) is 1. The summed E-state index contributed by atoms with van der Waals surface area (Å²) in [5.74, 6) is 0.667. The monoisotopic (exact) mass is 409 g/mol. The summed E-state index contributed by atoms with van der Waals surface area (Å²) in [5.41, 5.74) is 6.49. The van der Waals surface area contributed by atoms with Gasteiger partial charge in [-0.05, 0) is 37.3 Å². The lowest BCUT2D eigenvalue weighted by Crippen LogP contribution is -2.39. The standard InChI is InChI=1S/C21H20ClN5O2/c1-3-28-27-20(19(25-26(27)2)15-9-11-16(22)12-10-15)18-13-14-23-21(24-18)29-17-7-5-4-6-8-17/h4-14,25H,3H2,1-2H3. The molecule has 2 aromatic carbocycles. The zero-order chi connectivity index (χ0) is 20.2. The maximum absolute atomic E-state index is 6.06. The molecule has 0 fully saturated rings. The summed E-state index contributed by atoms with van der Waals surface area (Å²) in [6.07, 6.45) is 1.66. The van der Waals surface area contributed by atoms with E-state index in [1.54, 1.807) is 16.5 Å². The van der Waals surface area contributed by atoms with E-state index in [-0.39, 0.29) is 6.01 Å². The Morgan fingerprint density at radius 2 is 1.79 bits per heavy atom. The van der Waals surface area contributed by atoms with Crippen LogP contribution in [0.3, 0.4) is 0 Å². The van der Waals surface area contributed by atoms with Crippen LogP contribution < -0.4 is 10.2 Å². The van der Waals surface area contributed by atoms with Crippen molar-refractivity contribution in [3.63, 3.8) is 0 Å². The van der Waals surface area contributed by atoms with Crippen LogP contribution >= 0.6 is 11.6 Å². The minimum atomic E-state index is 0.252. The third-order valence-electron chi connectivity index (χ3n) is 4.19. The zero-order valence-electron chi connectivity index (χ0n) is 16.0. The number of ether oxygens (including phenoxy) is 1. The van der Waals surface area contributed by atoms with Crippen LogP contribution in [0, 0.1) is 0 Å². The molecule has 3 aromatic rings. The van der Waals surface area contributed by atoms with Crippen LogP contribution in [0.2, 0.25) is 5.02 Å². The minimum Gasteiger partial charge on any atom is -0.424 e. The lowest BCUT2D eigenvalue weighted by Gasteiger charge is -2.25. The van der Waals surface area contributed by atoms with E-state index >= 15 is 0 Å². The molecule has 0 radical (unpaired) electrons. The Bertz CT molecular complexity index is 1010. The Morgan fingerprint density at radius 1 is 1.03 bits per heavy atom. The summed E-state index contributed by atoms with van der Waals surface area (Å²) in [4.78, 5) is 14.7. The van der Waals surface area contributed by atoms with E-state index in [1.807, 2.05) is 74.6 Å². The van der Waals surface area contributed by atoms with E-state index in [4.69, 9.17) is 21.2 Å². The van der Waals surface area contributed by atoms with Crippen molar-refractivity contribution in [3.05, 3.63) is 83.1 Å². The average molecular weight is 410 g/mol. The van der Waals surface area contributed by atoms with Crippen molar-refractivity contribution in [1.29, 1.82) is 0 Å². The Balaban J connectivity index is 1.76. The van der Waals surface area contributed by atoms with Crippen LogP contribution in [-0.4, -0.2) is 33.9 Å². The predicted octanol–water partition coefficient (Wildman–Crippen LogP) is 4.37. The largest absolute Gasteiger partial charge is 0.424 e. The second-order valence-electron chi connectivity index (χ2n) is 6.20. The van der Waals surface area contributed by atoms with E-state index < -0.39 is 0 Å². The van der Waals surface area contributed by atoms with Gasteiger partial charge >= 0.3 is 6.01 Å². The number of hydrogen-bond donors (Lipinski definition) is 1. The molecule has 1 N–H and O–H groups in total. The molecule has 4 rings (SSSR count). The molecule has 0 saturated carbocycles. The molecule has 0 unspecified atom stereocenters. The van der Waals surface area contributed by atoms with Crippen molar-refractivity contribution < 1.29 is 9.57 Å². The first kappa shape index (κ1) is 19.2. The van der Waals surface area contributed by atoms with Crippen LogP contribution in [0.4, 0.5) is 0 Å². The number of rotatable bonds is 6. The van der Waals surface area contributed by atoms with Gasteiger partial charge in [0.25, 0.3) is 0 Å². The number of nitrogens with zero attached hydrogens (tertiary/aromatic N) is 4. The molecule has 0 amide bonds. The first-order valence-corrected chi connectivity index (χ1v) is 9.53. The van der Waals surface area contributed by atoms with Gasteiger partial charge in [0.05, 0.1) is 18.0 Å². The molecule has 29 heavy (non-hydrogen) atoms. The molecule has 0 bridgehead atoms. The van der Waals surface area contributed by atoms with Crippen LogP contribution in [0.5, 0.6) is 11.8 Å². The molecule has 0 aliphatic carbocycles. The molecular formula is C21H20ClN5O2.